The van der Waals surface area contributed by atoms with Crippen molar-refractivity contribution in [1.82, 2.24) is 4.98 Å². The number of hydrogen-bond donors (Lipinski definition) is 1. The summed E-state index contributed by atoms with van der Waals surface area (Å²) in [6, 6.07) is 11.0. The molecule has 1 atom stereocenters. The molecule has 2 aromatic rings. The van der Waals surface area contributed by atoms with Gasteiger partial charge in [-0.1, -0.05) is 19.1 Å². The molecule has 1 unspecified atom stereocenters. The van der Waals surface area contributed by atoms with E-state index in [4.69, 9.17) is 4.74 Å². The van der Waals surface area contributed by atoms with Crippen LogP contribution in [0.2, 0.25) is 0 Å². The lowest BCUT2D eigenvalue weighted by atomic mass is 10.0. The highest BCUT2D eigenvalue weighted by Crippen LogP contribution is 2.23. The average Bonchev–Trinajstić information content (AvgIpc) is 2.62. The lowest BCUT2D eigenvalue weighted by molar-refractivity contribution is 0.102. The number of carbonyl (C=O) groups is 1. The molecule has 1 N–H and O–H groups in total. The van der Waals surface area contributed by atoms with E-state index in [0.717, 1.165) is 18.9 Å². The zero-order chi connectivity index (χ0) is 16.9. The molecule has 0 bridgehead atoms. The molecule has 1 aromatic heterocycles. The molecule has 0 saturated carbocycles. The first kappa shape index (κ1) is 16.3. The Bertz CT molecular complexity index is 700. The fourth-order valence-corrected chi connectivity index (χ4v) is 3.08. The molecule has 1 aliphatic heterocycles. The highest BCUT2D eigenvalue weighted by atomic mass is 16.5. The molecule has 1 aliphatic rings. The molecular formula is C19H23N3O2. The van der Waals surface area contributed by atoms with Gasteiger partial charge >= 0.3 is 0 Å². The number of hydrogen-bond acceptors (Lipinski definition) is 4. The number of carbonyl (C=O) groups excluding carboxylic acids is 1. The topological polar surface area (TPSA) is 54.5 Å². The van der Waals surface area contributed by atoms with E-state index in [0.29, 0.717) is 22.9 Å². The van der Waals surface area contributed by atoms with Gasteiger partial charge in [-0.3, -0.25) is 4.79 Å². The fraction of sp³-hybridized carbons (Fsp3) is 0.368. The van der Waals surface area contributed by atoms with Crippen LogP contribution in [-0.2, 0) is 0 Å². The van der Waals surface area contributed by atoms with E-state index in [1.54, 1.807) is 25.4 Å². The number of para-hydroxylation sites is 1. The number of rotatable bonds is 4. The third-order valence-corrected chi connectivity index (χ3v) is 4.34. The number of nitrogens with one attached hydrogen (secondary N) is 1. The SMILES string of the molecule is COc1ccccc1C(=O)Nc1ccc(N2CCCC(C)C2)nc1. The summed E-state index contributed by atoms with van der Waals surface area (Å²) >= 11 is 0. The van der Waals surface area contributed by atoms with Crippen LogP contribution in [0.4, 0.5) is 11.5 Å². The van der Waals surface area contributed by atoms with Crippen molar-refractivity contribution in [2.45, 2.75) is 19.8 Å². The fourth-order valence-electron chi connectivity index (χ4n) is 3.08. The normalized spacial score (nSPS) is 17.4. The smallest absolute Gasteiger partial charge is 0.259 e. The van der Waals surface area contributed by atoms with E-state index in [-0.39, 0.29) is 5.91 Å². The molecule has 1 aromatic carbocycles. The predicted octanol–water partition coefficient (Wildman–Crippen LogP) is 3.58. The molecule has 24 heavy (non-hydrogen) atoms. The Balaban J connectivity index is 1.69. The minimum Gasteiger partial charge on any atom is -0.496 e. The van der Waals surface area contributed by atoms with Crippen molar-refractivity contribution in [3.8, 4) is 5.75 Å². The molecule has 1 amide bonds. The molecule has 1 saturated heterocycles. The van der Waals surface area contributed by atoms with Crippen molar-refractivity contribution < 1.29 is 9.53 Å². The number of nitrogens with zero attached hydrogens (tertiary/aromatic N) is 2. The number of piperidine rings is 1. The maximum atomic E-state index is 12.4. The first-order valence-electron chi connectivity index (χ1n) is 8.32. The van der Waals surface area contributed by atoms with E-state index >= 15 is 0 Å². The van der Waals surface area contributed by atoms with E-state index in [9.17, 15) is 4.79 Å². The van der Waals surface area contributed by atoms with Gasteiger partial charge < -0.3 is 15.0 Å². The molecule has 2 heterocycles. The van der Waals surface area contributed by atoms with Gasteiger partial charge in [0.05, 0.1) is 24.6 Å². The van der Waals surface area contributed by atoms with Gasteiger partial charge in [0.25, 0.3) is 5.91 Å². The second-order valence-corrected chi connectivity index (χ2v) is 6.25. The highest BCUT2D eigenvalue weighted by Gasteiger charge is 2.17. The molecule has 0 aliphatic carbocycles. The van der Waals surface area contributed by atoms with Gasteiger partial charge in [-0.15, -0.1) is 0 Å². The second-order valence-electron chi connectivity index (χ2n) is 6.25. The summed E-state index contributed by atoms with van der Waals surface area (Å²) in [6.07, 6.45) is 4.20. The Morgan fingerprint density at radius 3 is 2.83 bits per heavy atom. The first-order valence-corrected chi connectivity index (χ1v) is 8.32. The standard InChI is InChI=1S/C19H23N3O2/c1-14-6-5-11-22(13-14)18-10-9-15(12-20-18)21-19(23)16-7-3-4-8-17(16)24-2/h3-4,7-10,12,14H,5-6,11,13H2,1-2H3,(H,21,23). The molecule has 0 spiro atoms. The van der Waals surface area contributed by atoms with Crippen LogP contribution in [0.25, 0.3) is 0 Å². The lowest BCUT2D eigenvalue weighted by Gasteiger charge is -2.31. The maximum absolute atomic E-state index is 12.4. The highest BCUT2D eigenvalue weighted by molar-refractivity contribution is 6.06. The summed E-state index contributed by atoms with van der Waals surface area (Å²) in [7, 11) is 1.56. The van der Waals surface area contributed by atoms with Crippen LogP contribution in [0.5, 0.6) is 5.75 Å². The minimum atomic E-state index is -0.200. The molecular weight excluding hydrogens is 302 g/mol. The number of anilines is 2. The monoisotopic (exact) mass is 325 g/mol. The van der Waals surface area contributed by atoms with Crippen LogP contribution >= 0.6 is 0 Å². The second kappa shape index (κ2) is 7.34. The maximum Gasteiger partial charge on any atom is 0.259 e. The zero-order valence-electron chi connectivity index (χ0n) is 14.2. The minimum absolute atomic E-state index is 0.200. The average molecular weight is 325 g/mol. The van der Waals surface area contributed by atoms with Crippen LogP contribution in [0.1, 0.15) is 30.1 Å². The summed E-state index contributed by atoms with van der Waals surface area (Å²) in [5.41, 5.74) is 1.19. The molecule has 1 fully saturated rings. The zero-order valence-corrected chi connectivity index (χ0v) is 14.2. The van der Waals surface area contributed by atoms with Gasteiger partial charge in [-0.2, -0.15) is 0 Å². The van der Waals surface area contributed by atoms with Gasteiger partial charge in [0, 0.05) is 13.1 Å². The van der Waals surface area contributed by atoms with E-state index < -0.39 is 0 Å². The van der Waals surface area contributed by atoms with Crippen LogP contribution in [-0.4, -0.2) is 31.1 Å². The summed E-state index contributed by atoms with van der Waals surface area (Å²) in [4.78, 5) is 19.2. The lowest BCUT2D eigenvalue weighted by Crippen LogP contribution is -2.34. The van der Waals surface area contributed by atoms with Gasteiger partial charge in [0.15, 0.2) is 0 Å². The summed E-state index contributed by atoms with van der Waals surface area (Å²) < 4.78 is 5.23. The molecule has 126 valence electrons. The van der Waals surface area contributed by atoms with Crippen molar-refractivity contribution in [1.29, 1.82) is 0 Å². The summed E-state index contributed by atoms with van der Waals surface area (Å²) in [5, 5.41) is 2.87. The third kappa shape index (κ3) is 3.67. The number of amides is 1. The quantitative estimate of drug-likeness (QED) is 0.933. The number of benzene rings is 1. The number of ether oxygens (including phenoxy) is 1. The van der Waals surface area contributed by atoms with Crippen LogP contribution < -0.4 is 15.0 Å². The molecule has 0 radical (unpaired) electrons. The van der Waals surface area contributed by atoms with Crippen LogP contribution in [0, 0.1) is 5.92 Å². The van der Waals surface area contributed by atoms with Gasteiger partial charge in [-0.05, 0) is 43.0 Å². The van der Waals surface area contributed by atoms with Crippen LogP contribution in [0.15, 0.2) is 42.6 Å². The van der Waals surface area contributed by atoms with E-state index in [1.165, 1.54) is 12.8 Å². The van der Waals surface area contributed by atoms with Crippen molar-refractivity contribution in [3.63, 3.8) is 0 Å². The Labute approximate surface area is 142 Å². The van der Waals surface area contributed by atoms with Crippen molar-refractivity contribution in [2.75, 3.05) is 30.4 Å². The largest absolute Gasteiger partial charge is 0.496 e. The Morgan fingerprint density at radius 1 is 1.29 bits per heavy atom. The van der Waals surface area contributed by atoms with Crippen molar-refractivity contribution >= 4 is 17.4 Å². The van der Waals surface area contributed by atoms with Crippen molar-refractivity contribution in [2.24, 2.45) is 5.92 Å². The van der Waals surface area contributed by atoms with Crippen LogP contribution in [0.3, 0.4) is 0 Å². The van der Waals surface area contributed by atoms with Gasteiger partial charge in [0.2, 0.25) is 0 Å². The van der Waals surface area contributed by atoms with Crippen molar-refractivity contribution in [3.05, 3.63) is 48.2 Å². The molecule has 5 nitrogen and oxygen atoms in total. The number of aromatic nitrogens is 1. The van der Waals surface area contributed by atoms with Gasteiger partial charge in [-0.25, -0.2) is 4.98 Å². The predicted molar refractivity (Wildman–Crippen MR) is 95.8 cm³/mol. The van der Waals surface area contributed by atoms with E-state index in [2.05, 4.69) is 22.1 Å². The Morgan fingerprint density at radius 2 is 2.12 bits per heavy atom. The van der Waals surface area contributed by atoms with E-state index in [1.807, 2.05) is 24.3 Å². The first-order chi connectivity index (χ1) is 11.7. The number of pyridine rings is 1. The third-order valence-electron chi connectivity index (χ3n) is 4.34. The Kier molecular flexibility index (Phi) is 4.99. The van der Waals surface area contributed by atoms with Gasteiger partial charge in [0.1, 0.15) is 11.6 Å². The summed E-state index contributed by atoms with van der Waals surface area (Å²) in [5.74, 6) is 2.03. The number of methoxy groups -OCH3 is 1. The molecule has 5 heteroatoms. The molecule has 3 rings (SSSR count). The Hall–Kier alpha value is -2.56. The summed E-state index contributed by atoms with van der Waals surface area (Å²) in [6.45, 7) is 4.36.